The molecule has 0 aromatic heterocycles. The van der Waals surface area contributed by atoms with E-state index in [1.807, 2.05) is 74.5 Å². The Bertz CT molecular complexity index is 950. The molecule has 0 saturated heterocycles. The maximum Gasteiger partial charge on any atom is 0.409 e. The zero-order valence-electron chi connectivity index (χ0n) is 18.7. The SMILES string of the molecule is CC(C)Oc1ccc(C(NC(=O)OCc2ccccc2)NC(=O)OCc2ccccc2)cc1. The van der Waals surface area contributed by atoms with E-state index in [2.05, 4.69) is 10.6 Å². The molecule has 172 valence electrons. The molecule has 0 atom stereocenters. The summed E-state index contributed by atoms with van der Waals surface area (Å²) >= 11 is 0. The summed E-state index contributed by atoms with van der Waals surface area (Å²) in [6, 6.07) is 25.7. The monoisotopic (exact) mass is 448 g/mol. The van der Waals surface area contributed by atoms with E-state index in [0.717, 1.165) is 11.1 Å². The van der Waals surface area contributed by atoms with Gasteiger partial charge in [0.1, 0.15) is 25.1 Å². The number of benzene rings is 3. The molecule has 0 heterocycles. The summed E-state index contributed by atoms with van der Waals surface area (Å²) in [7, 11) is 0. The second-order valence-corrected chi connectivity index (χ2v) is 7.58. The summed E-state index contributed by atoms with van der Waals surface area (Å²) < 4.78 is 16.3. The van der Waals surface area contributed by atoms with Crippen molar-refractivity contribution in [3.63, 3.8) is 0 Å². The number of carbonyl (C=O) groups is 2. The van der Waals surface area contributed by atoms with Crippen LogP contribution in [0.5, 0.6) is 5.75 Å². The average molecular weight is 449 g/mol. The summed E-state index contributed by atoms with van der Waals surface area (Å²) in [5, 5.41) is 5.36. The predicted octanol–water partition coefficient (Wildman–Crippen LogP) is 5.33. The minimum absolute atomic E-state index is 0.0313. The van der Waals surface area contributed by atoms with Gasteiger partial charge in [0, 0.05) is 0 Å². The lowest BCUT2D eigenvalue weighted by Crippen LogP contribution is -2.41. The van der Waals surface area contributed by atoms with E-state index in [-0.39, 0.29) is 19.3 Å². The van der Waals surface area contributed by atoms with Crippen LogP contribution in [-0.2, 0) is 22.7 Å². The molecule has 0 fully saturated rings. The van der Waals surface area contributed by atoms with Crippen LogP contribution < -0.4 is 15.4 Å². The highest BCUT2D eigenvalue weighted by atomic mass is 16.6. The van der Waals surface area contributed by atoms with Crippen molar-refractivity contribution in [1.82, 2.24) is 10.6 Å². The van der Waals surface area contributed by atoms with Crippen molar-refractivity contribution in [3.8, 4) is 5.75 Å². The quantitative estimate of drug-likeness (QED) is 0.433. The van der Waals surface area contributed by atoms with Gasteiger partial charge < -0.3 is 14.2 Å². The first-order valence-corrected chi connectivity index (χ1v) is 10.7. The molecule has 0 radical (unpaired) electrons. The Morgan fingerprint density at radius 1 is 0.697 bits per heavy atom. The fourth-order valence-corrected chi connectivity index (χ4v) is 2.98. The number of amides is 2. The van der Waals surface area contributed by atoms with Crippen molar-refractivity contribution < 1.29 is 23.8 Å². The standard InChI is InChI=1S/C26H28N2O5/c1-19(2)33-23-15-13-22(14-16-23)24(27-25(29)31-17-20-9-5-3-6-10-20)28-26(30)32-18-21-11-7-4-8-12-21/h3-16,19,24H,17-18H2,1-2H3,(H,27,29)(H,28,30). The second-order valence-electron chi connectivity index (χ2n) is 7.58. The molecular formula is C26H28N2O5. The molecule has 2 N–H and O–H groups in total. The van der Waals surface area contributed by atoms with Crippen LogP contribution in [0.15, 0.2) is 84.9 Å². The maximum atomic E-state index is 12.4. The number of nitrogens with one attached hydrogen (secondary N) is 2. The number of ether oxygens (including phenoxy) is 3. The van der Waals surface area contributed by atoms with Gasteiger partial charge in [0.25, 0.3) is 0 Å². The van der Waals surface area contributed by atoms with Crippen molar-refractivity contribution in [2.75, 3.05) is 0 Å². The number of carbonyl (C=O) groups excluding carboxylic acids is 2. The molecule has 0 saturated carbocycles. The van der Waals surface area contributed by atoms with Crippen LogP contribution in [0.1, 0.15) is 36.7 Å². The lowest BCUT2D eigenvalue weighted by atomic mass is 10.1. The van der Waals surface area contributed by atoms with Gasteiger partial charge >= 0.3 is 12.2 Å². The molecule has 0 aliphatic carbocycles. The highest BCUT2D eigenvalue weighted by molar-refractivity contribution is 5.71. The molecule has 2 amide bonds. The zero-order chi connectivity index (χ0) is 23.5. The second kappa shape index (κ2) is 12.1. The van der Waals surface area contributed by atoms with Gasteiger partial charge in [-0.2, -0.15) is 0 Å². The first-order chi connectivity index (χ1) is 16.0. The molecule has 7 nitrogen and oxygen atoms in total. The Morgan fingerprint density at radius 2 is 1.15 bits per heavy atom. The number of alkyl carbamates (subject to hydrolysis) is 2. The summed E-state index contributed by atoms with van der Waals surface area (Å²) in [5.41, 5.74) is 2.35. The summed E-state index contributed by atoms with van der Waals surface area (Å²) in [4.78, 5) is 24.8. The van der Waals surface area contributed by atoms with Crippen LogP contribution in [-0.4, -0.2) is 18.3 Å². The van der Waals surface area contributed by atoms with Crippen LogP contribution >= 0.6 is 0 Å². The third-order valence-corrected chi connectivity index (χ3v) is 4.54. The van der Waals surface area contributed by atoms with E-state index in [1.165, 1.54) is 0 Å². The molecule has 33 heavy (non-hydrogen) atoms. The molecule has 7 heteroatoms. The van der Waals surface area contributed by atoms with Gasteiger partial charge in [-0.3, -0.25) is 10.6 Å². The maximum absolute atomic E-state index is 12.4. The van der Waals surface area contributed by atoms with Crippen LogP contribution in [0, 0.1) is 0 Å². The van der Waals surface area contributed by atoms with Crippen LogP contribution in [0.3, 0.4) is 0 Å². The number of hydrogen-bond acceptors (Lipinski definition) is 5. The van der Waals surface area contributed by atoms with Gasteiger partial charge in [-0.05, 0) is 42.7 Å². The Hall–Kier alpha value is -4.00. The molecule has 3 aromatic carbocycles. The molecule has 0 aliphatic heterocycles. The molecule has 0 spiro atoms. The predicted molar refractivity (Wildman–Crippen MR) is 124 cm³/mol. The number of rotatable bonds is 9. The minimum atomic E-state index is -0.857. The van der Waals surface area contributed by atoms with Crippen LogP contribution in [0.2, 0.25) is 0 Å². The van der Waals surface area contributed by atoms with Gasteiger partial charge in [-0.15, -0.1) is 0 Å². The first kappa shape index (κ1) is 23.7. The Balaban J connectivity index is 1.64. The fraction of sp³-hybridized carbons (Fsp3) is 0.231. The van der Waals surface area contributed by atoms with Gasteiger partial charge in [0.15, 0.2) is 0 Å². The largest absolute Gasteiger partial charge is 0.491 e. The topological polar surface area (TPSA) is 85.9 Å². The summed E-state index contributed by atoms with van der Waals surface area (Å²) in [6.07, 6.45) is -2.17. The van der Waals surface area contributed by atoms with E-state index < -0.39 is 18.4 Å². The average Bonchev–Trinajstić information content (AvgIpc) is 2.82. The highest BCUT2D eigenvalue weighted by Crippen LogP contribution is 2.18. The molecule has 0 aliphatic rings. The Kier molecular flexibility index (Phi) is 8.71. The van der Waals surface area contributed by atoms with E-state index in [1.54, 1.807) is 24.3 Å². The molecule has 3 rings (SSSR count). The molecule has 3 aromatic rings. The third-order valence-electron chi connectivity index (χ3n) is 4.54. The minimum Gasteiger partial charge on any atom is -0.491 e. The van der Waals surface area contributed by atoms with Gasteiger partial charge in [-0.1, -0.05) is 72.8 Å². The van der Waals surface area contributed by atoms with Gasteiger partial charge in [0.2, 0.25) is 0 Å². The first-order valence-electron chi connectivity index (χ1n) is 10.7. The highest BCUT2D eigenvalue weighted by Gasteiger charge is 2.19. The van der Waals surface area contributed by atoms with E-state index >= 15 is 0 Å². The normalized spacial score (nSPS) is 10.5. The lowest BCUT2D eigenvalue weighted by Gasteiger charge is -2.21. The van der Waals surface area contributed by atoms with Crippen molar-refractivity contribution in [2.24, 2.45) is 0 Å². The number of hydrogen-bond donors (Lipinski definition) is 2. The van der Waals surface area contributed by atoms with E-state index in [0.29, 0.717) is 11.3 Å². The van der Waals surface area contributed by atoms with Gasteiger partial charge in [0.05, 0.1) is 6.10 Å². The third kappa shape index (κ3) is 8.22. The summed E-state index contributed by atoms with van der Waals surface area (Å²) in [6.45, 7) is 4.09. The van der Waals surface area contributed by atoms with Gasteiger partial charge in [-0.25, -0.2) is 9.59 Å². The zero-order valence-corrected chi connectivity index (χ0v) is 18.7. The van der Waals surface area contributed by atoms with Crippen molar-refractivity contribution >= 4 is 12.2 Å². The van der Waals surface area contributed by atoms with E-state index in [4.69, 9.17) is 14.2 Å². The molecular weight excluding hydrogens is 420 g/mol. The van der Waals surface area contributed by atoms with Crippen molar-refractivity contribution in [3.05, 3.63) is 102 Å². The molecule has 0 unspecified atom stereocenters. The molecule has 0 bridgehead atoms. The lowest BCUT2D eigenvalue weighted by molar-refractivity contribution is 0.122. The van der Waals surface area contributed by atoms with Crippen molar-refractivity contribution in [2.45, 2.75) is 39.3 Å². The van der Waals surface area contributed by atoms with Crippen LogP contribution in [0.4, 0.5) is 9.59 Å². The Morgan fingerprint density at radius 3 is 1.58 bits per heavy atom. The van der Waals surface area contributed by atoms with E-state index in [9.17, 15) is 9.59 Å². The van der Waals surface area contributed by atoms with Crippen molar-refractivity contribution in [1.29, 1.82) is 0 Å². The smallest absolute Gasteiger partial charge is 0.409 e. The Labute approximate surface area is 193 Å². The summed E-state index contributed by atoms with van der Waals surface area (Å²) in [5.74, 6) is 0.686. The van der Waals surface area contributed by atoms with Crippen LogP contribution in [0.25, 0.3) is 0 Å². The fourth-order valence-electron chi connectivity index (χ4n) is 2.98.